The average molecular weight is 778 g/mol. The van der Waals surface area contributed by atoms with E-state index in [9.17, 15) is 0 Å². The Balaban J connectivity index is 1.11. The predicted octanol–water partition coefficient (Wildman–Crippen LogP) is 15.9. The van der Waals surface area contributed by atoms with Gasteiger partial charge < -0.3 is 9.32 Å². The normalized spacial score (nSPS) is 12.7. The van der Waals surface area contributed by atoms with Gasteiger partial charge >= 0.3 is 0 Å². The lowest BCUT2D eigenvalue weighted by molar-refractivity contribution is 0.669. The van der Waals surface area contributed by atoms with Crippen molar-refractivity contribution in [2.75, 3.05) is 4.90 Å². The van der Waals surface area contributed by atoms with Gasteiger partial charge in [0.25, 0.3) is 0 Å². The molecule has 12 rings (SSSR count). The lowest BCUT2D eigenvalue weighted by Crippen LogP contribution is -2.28. The van der Waals surface area contributed by atoms with Crippen molar-refractivity contribution in [3.05, 3.63) is 259 Å². The fraction of sp³-hybridized carbons (Fsp3) is 0.0169. The third kappa shape index (κ3) is 5.57. The van der Waals surface area contributed by atoms with Crippen LogP contribution < -0.4 is 4.90 Å². The Labute approximate surface area is 355 Å². The first-order valence-electron chi connectivity index (χ1n) is 21.0. The van der Waals surface area contributed by atoms with Crippen LogP contribution in [0.25, 0.3) is 66.1 Å². The second-order valence-corrected chi connectivity index (χ2v) is 16.0. The highest BCUT2D eigenvalue weighted by Gasteiger charge is 2.46. The zero-order valence-corrected chi connectivity index (χ0v) is 33.4. The molecule has 0 saturated carbocycles. The van der Waals surface area contributed by atoms with Crippen molar-refractivity contribution in [3.8, 4) is 33.4 Å². The zero-order chi connectivity index (χ0) is 40.3. The van der Waals surface area contributed by atoms with Gasteiger partial charge in [0.1, 0.15) is 11.2 Å². The minimum absolute atomic E-state index is 0.577. The molecule has 286 valence electrons. The molecular weight excluding hydrogens is 739 g/mol. The van der Waals surface area contributed by atoms with E-state index in [0.717, 1.165) is 39.0 Å². The smallest absolute Gasteiger partial charge is 0.137 e. The number of hydrogen-bond acceptors (Lipinski definition) is 2. The summed E-state index contributed by atoms with van der Waals surface area (Å²) in [7, 11) is 0. The molecule has 0 unspecified atom stereocenters. The van der Waals surface area contributed by atoms with Crippen LogP contribution in [0.15, 0.2) is 241 Å². The molecule has 1 aliphatic rings. The van der Waals surface area contributed by atoms with E-state index in [1.165, 1.54) is 66.4 Å². The van der Waals surface area contributed by atoms with E-state index in [-0.39, 0.29) is 0 Å². The van der Waals surface area contributed by atoms with Crippen LogP contribution in [0.5, 0.6) is 0 Å². The van der Waals surface area contributed by atoms with Crippen molar-refractivity contribution >= 4 is 49.8 Å². The fourth-order valence-corrected chi connectivity index (χ4v) is 10.00. The fourth-order valence-electron chi connectivity index (χ4n) is 10.00. The van der Waals surface area contributed by atoms with E-state index in [1.54, 1.807) is 0 Å². The minimum Gasteiger partial charge on any atom is -0.456 e. The van der Waals surface area contributed by atoms with Gasteiger partial charge in [0, 0.05) is 33.9 Å². The lowest BCUT2D eigenvalue weighted by atomic mass is 9.67. The summed E-state index contributed by atoms with van der Waals surface area (Å²) in [5.74, 6) is 0. The van der Waals surface area contributed by atoms with Gasteiger partial charge in [-0.15, -0.1) is 0 Å². The quantitative estimate of drug-likeness (QED) is 0.160. The molecule has 0 aliphatic heterocycles. The van der Waals surface area contributed by atoms with Gasteiger partial charge in [-0.1, -0.05) is 182 Å². The number of para-hydroxylation sites is 1. The first-order chi connectivity index (χ1) is 30.2. The number of furan rings is 1. The summed E-state index contributed by atoms with van der Waals surface area (Å²) >= 11 is 0. The molecule has 0 spiro atoms. The van der Waals surface area contributed by atoms with Gasteiger partial charge in [-0.3, -0.25) is 0 Å². The maximum absolute atomic E-state index is 6.50. The first kappa shape index (κ1) is 35.0. The molecule has 1 heterocycles. The second kappa shape index (κ2) is 14.1. The van der Waals surface area contributed by atoms with Crippen LogP contribution in [0.2, 0.25) is 0 Å². The maximum Gasteiger partial charge on any atom is 0.137 e. The molecule has 0 atom stereocenters. The molecule has 0 N–H and O–H groups in total. The molecule has 1 aliphatic carbocycles. The highest BCUT2D eigenvalue weighted by molar-refractivity contribution is 6.06. The van der Waals surface area contributed by atoms with Crippen molar-refractivity contribution in [3.63, 3.8) is 0 Å². The Morgan fingerprint density at radius 3 is 1.66 bits per heavy atom. The van der Waals surface area contributed by atoms with Gasteiger partial charge in [-0.25, -0.2) is 0 Å². The summed E-state index contributed by atoms with van der Waals surface area (Å²) in [4.78, 5) is 2.38. The first-order valence-corrected chi connectivity index (χ1v) is 21.0. The molecule has 61 heavy (non-hydrogen) atoms. The van der Waals surface area contributed by atoms with E-state index in [1.807, 2.05) is 12.1 Å². The van der Waals surface area contributed by atoms with Crippen molar-refractivity contribution in [1.29, 1.82) is 0 Å². The van der Waals surface area contributed by atoms with Gasteiger partial charge in [-0.2, -0.15) is 0 Å². The summed E-state index contributed by atoms with van der Waals surface area (Å²) in [6.45, 7) is 0. The van der Waals surface area contributed by atoms with Crippen molar-refractivity contribution in [1.82, 2.24) is 0 Å². The number of fused-ring (bicyclic) bond motifs is 7. The summed E-state index contributed by atoms with van der Waals surface area (Å²) in [6, 6.07) is 86.2. The monoisotopic (exact) mass is 777 g/mol. The van der Waals surface area contributed by atoms with E-state index >= 15 is 0 Å². The number of nitrogens with zero attached hydrogens (tertiary/aromatic N) is 1. The molecule has 0 amide bonds. The van der Waals surface area contributed by atoms with Crippen molar-refractivity contribution in [2.45, 2.75) is 5.41 Å². The van der Waals surface area contributed by atoms with Crippen LogP contribution in [-0.4, -0.2) is 0 Å². The molecule has 0 fully saturated rings. The molecule has 10 aromatic carbocycles. The zero-order valence-electron chi connectivity index (χ0n) is 33.4. The third-order valence-electron chi connectivity index (χ3n) is 12.7. The molecule has 2 nitrogen and oxygen atoms in total. The summed E-state index contributed by atoms with van der Waals surface area (Å²) in [5.41, 5.74) is 16.6. The van der Waals surface area contributed by atoms with Gasteiger partial charge in [-0.05, 0) is 115 Å². The Hall–Kier alpha value is -7.94. The molecule has 0 radical (unpaired) electrons. The Morgan fingerprint density at radius 1 is 0.311 bits per heavy atom. The van der Waals surface area contributed by atoms with E-state index in [0.29, 0.717) is 0 Å². The van der Waals surface area contributed by atoms with Crippen LogP contribution in [0, 0.1) is 0 Å². The highest BCUT2D eigenvalue weighted by Crippen LogP contribution is 2.58. The molecule has 0 bridgehead atoms. The Kier molecular flexibility index (Phi) is 8.11. The largest absolute Gasteiger partial charge is 0.456 e. The summed E-state index contributed by atoms with van der Waals surface area (Å²) < 4.78 is 6.50. The molecule has 0 saturated heterocycles. The van der Waals surface area contributed by atoms with Crippen LogP contribution in [0.1, 0.15) is 22.3 Å². The number of benzene rings is 10. The van der Waals surface area contributed by atoms with Gasteiger partial charge in [0.2, 0.25) is 0 Å². The van der Waals surface area contributed by atoms with Gasteiger partial charge in [0.15, 0.2) is 0 Å². The third-order valence-corrected chi connectivity index (χ3v) is 12.7. The lowest BCUT2D eigenvalue weighted by Gasteiger charge is -2.35. The second-order valence-electron chi connectivity index (χ2n) is 16.0. The number of rotatable bonds is 7. The van der Waals surface area contributed by atoms with Crippen LogP contribution >= 0.6 is 0 Å². The van der Waals surface area contributed by atoms with Crippen molar-refractivity contribution < 1.29 is 4.42 Å². The van der Waals surface area contributed by atoms with E-state index < -0.39 is 5.41 Å². The number of anilines is 3. The predicted molar refractivity (Wildman–Crippen MR) is 254 cm³/mol. The topological polar surface area (TPSA) is 16.4 Å². The van der Waals surface area contributed by atoms with Gasteiger partial charge in [0.05, 0.1) is 5.41 Å². The van der Waals surface area contributed by atoms with Crippen LogP contribution in [-0.2, 0) is 5.41 Å². The minimum atomic E-state index is -0.577. The van der Waals surface area contributed by atoms with Crippen LogP contribution in [0.4, 0.5) is 17.1 Å². The molecule has 1 aromatic heterocycles. The Bertz CT molecular complexity index is 3360. The van der Waals surface area contributed by atoms with Crippen molar-refractivity contribution in [2.24, 2.45) is 0 Å². The highest BCUT2D eigenvalue weighted by atomic mass is 16.3. The number of hydrogen-bond donors (Lipinski definition) is 0. The average Bonchev–Trinajstić information content (AvgIpc) is 3.85. The van der Waals surface area contributed by atoms with E-state index in [2.05, 4.69) is 229 Å². The van der Waals surface area contributed by atoms with Crippen LogP contribution in [0.3, 0.4) is 0 Å². The van der Waals surface area contributed by atoms with E-state index in [4.69, 9.17) is 4.42 Å². The summed E-state index contributed by atoms with van der Waals surface area (Å²) in [5, 5.41) is 4.73. The molecule has 11 aromatic rings. The SMILES string of the molecule is c1ccc(-c2ccc(N(c3ccc4c(c3)C(c3ccccc3)(c3ccccc3)c3ccc(-c5cccc6ccccc56)cc3-4)c3ccc4c(c3)oc3ccccc34)cc2)cc1. The molecule has 2 heteroatoms. The standard InChI is InChI=1S/C59H39NO/c1-4-15-40(16-5-1)41-27-30-46(31-28-41)60(48-33-35-53-52-24-12-13-26-57(52)61-58(53)39-48)47-32-34-51-54-37-43(50-25-14-18-42-17-10-11-23-49(42)50)29-36-55(54)59(56(51)38-47,44-19-6-2-7-20-44)45-21-8-3-9-22-45/h1-39H. The Morgan fingerprint density at radius 2 is 0.885 bits per heavy atom. The maximum atomic E-state index is 6.50. The summed E-state index contributed by atoms with van der Waals surface area (Å²) in [6.07, 6.45) is 0. The molecular formula is C59H39NO.